The van der Waals surface area contributed by atoms with E-state index in [-0.39, 0.29) is 0 Å². The van der Waals surface area contributed by atoms with Crippen LogP contribution in [0.3, 0.4) is 0 Å². The number of ether oxygens (including phenoxy) is 1. The van der Waals surface area contributed by atoms with Gasteiger partial charge in [-0.1, -0.05) is 6.07 Å². The molecule has 2 atom stereocenters. The Balaban J connectivity index is 1.52. The van der Waals surface area contributed by atoms with Crippen LogP contribution in [0, 0.1) is 5.92 Å². The summed E-state index contributed by atoms with van der Waals surface area (Å²) in [5.41, 5.74) is 2.57. The summed E-state index contributed by atoms with van der Waals surface area (Å²) in [6.45, 7) is 5.46. The van der Waals surface area contributed by atoms with E-state index in [4.69, 9.17) is 4.74 Å². The molecule has 5 rings (SSSR count). The Morgan fingerprint density at radius 1 is 1.16 bits per heavy atom. The Morgan fingerprint density at radius 2 is 2.08 bits per heavy atom. The molecule has 3 aliphatic rings. The lowest BCUT2D eigenvalue weighted by Crippen LogP contribution is -2.43. The van der Waals surface area contributed by atoms with Gasteiger partial charge in [-0.3, -0.25) is 9.58 Å². The molecule has 134 valence electrons. The number of nitrogens with zero attached hydrogens (tertiary/aromatic N) is 4. The highest BCUT2D eigenvalue weighted by molar-refractivity contribution is 5.37. The molecule has 1 aromatic carbocycles. The zero-order chi connectivity index (χ0) is 17.2. The number of aromatic nitrogens is 2. The fourth-order valence-corrected chi connectivity index (χ4v) is 4.46. The standard InChI is InChI=1S/C20H28N4O/c1-22-11-17-4-6-19(15-22)23(13-17)12-16-5-7-20(25-2)18(10-16)14-24-9-3-8-21-24/h3,5,7-10,17,19H,4,6,11-15H2,1-2H3/t17-,19+/m1/s1. The van der Waals surface area contributed by atoms with E-state index in [1.165, 1.54) is 43.6 Å². The van der Waals surface area contributed by atoms with Gasteiger partial charge in [0, 0.05) is 50.2 Å². The quantitative estimate of drug-likeness (QED) is 0.837. The maximum absolute atomic E-state index is 5.56. The van der Waals surface area contributed by atoms with Gasteiger partial charge in [0.2, 0.25) is 0 Å². The fraction of sp³-hybridized carbons (Fsp3) is 0.550. The first kappa shape index (κ1) is 16.6. The van der Waals surface area contributed by atoms with Crippen molar-refractivity contribution in [2.45, 2.75) is 32.0 Å². The lowest BCUT2D eigenvalue weighted by molar-refractivity contribution is 0.124. The lowest BCUT2D eigenvalue weighted by Gasteiger charge is -2.36. The third kappa shape index (κ3) is 3.72. The average Bonchev–Trinajstić information content (AvgIpc) is 2.98. The zero-order valence-corrected chi connectivity index (χ0v) is 15.3. The van der Waals surface area contributed by atoms with Gasteiger partial charge in [-0.2, -0.15) is 5.10 Å². The van der Waals surface area contributed by atoms with Gasteiger partial charge in [0.25, 0.3) is 0 Å². The van der Waals surface area contributed by atoms with Crippen molar-refractivity contribution in [2.24, 2.45) is 5.92 Å². The molecule has 4 heterocycles. The first-order valence-electron chi connectivity index (χ1n) is 9.27. The molecule has 5 heteroatoms. The number of rotatable bonds is 5. The predicted molar refractivity (Wildman–Crippen MR) is 98.7 cm³/mol. The van der Waals surface area contributed by atoms with E-state index in [0.717, 1.165) is 24.8 Å². The van der Waals surface area contributed by atoms with Crippen LogP contribution in [0.5, 0.6) is 5.75 Å². The van der Waals surface area contributed by atoms with E-state index in [9.17, 15) is 0 Å². The number of hydrogen-bond acceptors (Lipinski definition) is 4. The maximum Gasteiger partial charge on any atom is 0.123 e. The van der Waals surface area contributed by atoms with Crippen molar-refractivity contribution >= 4 is 0 Å². The first-order valence-corrected chi connectivity index (χ1v) is 9.27. The molecule has 0 unspecified atom stereocenters. The minimum Gasteiger partial charge on any atom is -0.496 e. The zero-order valence-electron chi connectivity index (χ0n) is 15.3. The molecule has 3 aliphatic heterocycles. The number of likely N-dealkylation sites (N-methyl/N-ethyl adjacent to an activating group) is 1. The fourth-order valence-electron chi connectivity index (χ4n) is 4.46. The van der Waals surface area contributed by atoms with Crippen LogP contribution in [-0.4, -0.2) is 59.4 Å². The molecule has 3 fully saturated rings. The van der Waals surface area contributed by atoms with Crippen molar-refractivity contribution in [3.63, 3.8) is 0 Å². The Morgan fingerprint density at radius 3 is 2.88 bits per heavy atom. The molecular formula is C20H28N4O. The van der Waals surface area contributed by atoms with Gasteiger partial charge < -0.3 is 9.64 Å². The number of hydrogen-bond donors (Lipinski definition) is 0. The first-order chi connectivity index (χ1) is 12.2. The second kappa shape index (κ2) is 7.18. The van der Waals surface area contributed by atoms with Crippen LogP contribution in [0.1, 0.15) is 24.0 Å². The molecule has 0 aliphatic carbocycles. The molecular weight excluding hydrogens is 312 g/mol. The number of fused-ring (bicyclic) bond motifs is 4. The van der Waals surface area contributed by atoms with Gasteiger partial charge in [-0.15, -0.1) is 0 Å². The van der Waals surface area contributed by atoms with E-state index in [1.54, 1.807) is 7.11 Å². The van der Waals surface area contributed by atoms with Gasteiger partial charge in [0.05, 0.1) is 13.7 Å². The van der Waals surface area contributed by atoms with Crippen molar-refractivity contribution in [1.82, 2.24) is 19.6 Å². The summed E-state index contributed by atoms with van der Waals surface area (Å²) in [6, 6.07) is 9.27. The number of methoxy groups -OCH3 is 1. The Hall–Kier alpha value is -1.85. The van der Waals surface area contributed by atoms with E-state index >= 15 is 0 Å². The van der Waals surface area contributed by atoms with Crippen LogP contribution in [0.15, 0.2) is 36.7 Å². The van der Waals surface area contributed by atoms with Gasteiger partial charge in [-0.25, -0.2) is 0 Å². The van der Waals surface area contributed by atoms with Crippen molar-refractivity contribution in [3.8, 4) is 5.75 Å². The van der Waals surface area contributed by atoms with Crippen LogP contribution in [0.2, 0.25) is 0 Å². The van der Waals surface area contributed by atoms with Crippen LogP contribution in [-0.2, 0) is 13.1 Å². The molecule has 0 spiro atoms. The topological polar surface area (TPSA) is 33.5 Å². The van der Waals surface area contributed by atoms with Gasteiger partial charge in [0.15, 0.2) is 0 Å². The summed E-state index contributed by atoms with van der Waals surface area (Å²) in [6.07, 6.45) is 6.54. The van der Waals surface area contributed by atoms with E-state index in [0.29, 0.717) is 6.04 Å². The second-order valence-corrected chi connectivity index (χ2v) is 7.60. The molecule has 0 N–H and O–H groups in total. The molecule has 1 aromatic heterocycles. The van der Waals surface area contributed by atoms with Crippen molar-refractivity contribution < 1.29 is 4.74 Å². The summed E-state index contributed by atoms with van der Waals surface area (Å²) >= 11 is 0. The number of piperidine rings is 1. The molecule has 25 heavy (non-hydrogen) atoms. The van der Waals surface area contributed by atoms with Crippen LogP contribution in [0.25, 0.3) is 0 Å². The lowest BCUT2D eigenvalue weighted by atomic mass is 9.94. The van der Waals surface area contributed by atoms with E-state index in [2.05, 4.69) is 40.1 Å². The third-order valence-electron chi connectivity index (χ3n) is 5.63. The van der Waals surface area contributed by atoms with E-state index < -0.39 is 0 Å². The minimum absolute atomic E-state index is 0.695. The SMILES string of the molecule is COc1ccc(CN2C[C@@H]3CC[C@H]2CN(C)C3)cc1Cn1cccn1. The highest BCUT2D eigenvalue weighted by Crippen LogP contribution is 2.29. The summed E-state index contributed by atoms with van der Waals surface area (Å²) in [7, 11) is 4.01. The Labute approximate surface area is 150 Å². The largest absolute Gasteiger partial charge is 0.496 e. The molecule has 3 saturated heterocycles. The maximum atomic E-state index is 5.56. The van der Waals surface area contributed by atoms with Gasteiger partial charge in [-0.05, 0) is 49.6 Å². The van der Waals surface area contributed by atoms with Crippen molar-refractivity contribution in [3.05, 3.63) is 47.8 Å². The molecule has 2 bridgehead atoms. The smallest absolute Gasteiger partial charge is 0.123 e. The highest BCUT2D eigenvalue weighted by Gasteiger charge is 2.33. The van der Waals surface area contributed by atoms with Crippen LogP contribution >= 0.6 is 0 Å². The van der Waals surface area contributed by atoms with Crippen LogP contribution in [0.4, 0.5) is 0 Å². The summed E-state index contributed by atoms with van der Waals surface area (Å²) in [5, 5.41) is 4.33. The molecule has 2 aromatic rings. The second-order valence-electron chi connectivity index (χ2n) is 7.60. The van der Waals surface area contributed by atoms with Crippen LogP contribution < -0.4 is 4.74 Å². The summed E-state index contributed by atoms with van der Waals surface area (Å²) in [4.78, 5) is 5.21. The highest BCUT2D eigenvalue weighted by atomic mass is 16.5. The Kier molecular flexibility index (Phi) is 4.77. The summed E-state index contributed by atoms with van der Waals surface area (Å²) in [5.74, 6) is 1.77. The average molecular weight is 340 g/mol. The number of benzene rings is 1. The molecule has 0 amide bonds. The Bertz CT molecular complexity index is 700. The predicted octanol–water partition coefficient (Wildman–Crippen LogP) is 2.47. The van der Waals surface area contributed by atoms with Gasteiger partial charge >= 0.3 is 0 Å². The minimum atomic E-state index is 0.695. The molecule has 0 radical (unpaired) electrons. The van der Waals surface area contributed by atoms with Gasteiger partial charge in [0.1, 0.15) is 5.75 Å². The monoisotopic (exact) mass is 340 g/mol. The van der Waals surface area contributed by atoms with Crippen molar-refractivity contribution in [1.29, 1.82) is 0 Å². The molecule has 5 nitrogen and oxygen atoms in total. The third-order valence-corrected chi connectivity index (χ3v) is 5.63. The normalized spacial score (nSPS) is 24.4. The molecule has 0 saturated carbocycles. The van der Waals surface area contributed by atoms with Crippen molar-refractivity contribution in [2.75, 3.05) is 33.8 Å². The van der Waals surface area contributed by atoms with E-state index in [1.807, 2.05) is 23.1 Å². The summed E-state index contributed by atoms with van der Waals surface area (Å²) < 4.78 is 7.51.